The summed E-state index contributed by atoms with van der Waals surface area (Å²) in [5, 5.41) is 0.448. The van der Waals surface area contributed by atoms with Crippen LogP contribution < -0.4 is 19.3 Å². The lowest BCUT2D eigenvalue weighted by atomic mass is 9.81. The van der Waals surface area contributed by atoms with Crippen molar-refractivity contribution in [3.05, 3.63) is 47.0 Å². The fraction of sp³-hybridized carbons (Fsp3) is 0.407. The Morgan fingerprint density at radius 2 is 1.63 bits per heavy atom. The van der Waals surface area contributed by atoms with Crippen LogP contribution in [0.15, 0.2) is 36.4 Å². The molecule has 0 radical (unpaired) electrons. The van der Waals surface area contributed by atoms with Crippen molar-refractivity contribution < 1.29 is 28.7 Å². The number of esters is 1. The number of methoxy groups -OCH3 is 1. The highest BCUT2D eigenvalue weighted by atomic mass is 79.9. The van der Waals surface area contributed by atoms with Gasteiger partial charge in [0.05, 0.1) is 36.2 Å². The largest absolute Gasteiger partial charge is 0.495 e. The summed E-state index contributed by atoms with van der Waals surface area (Å²) in [5.74, 6) is -1.78. The highest BCUT2D eigenvalue weighted by molar-refractivity contribution is 9.12. The van der Waals surface area contributed by atoms with Crippen LogP contribution in [0.3, 0.4) is 0 Å². The molecule has 38 heavy (non-hydrogen) atoms. The van der Waals surface area contributed by atoms with E-state index >= 15 is 0 Å². The van der Waals surface area contributed by atoms with Gasteiger partial charge in [0.2, 0.25) is 17.7 Å². The van der Waals surface area contributed by atoms with E-state index in [1.165, 1.54) is 16.9 Å². The number of nitrogens with zero attached hydrogens (tertiary/aromatic N) is 2. The minimum Gasteiger partial charge on any atom is -0.495 e. The number of aryl methyl sites for hydroxylation is 1. The number of amides is 3. The molecule has 0 N–H and O–H groups in total. The maximum Gasteiger partial charge on any atom is 0.316 e. The first-order valence-electron chi connectivity index (χ1n) is 12.2. The van der Waals surface area contributed by atoms with Gasteiger partial charge in [0.1, 0.15) is 11.5 Å². The summed E-state index contributed by atoms with van der Waals surface area (Å²) < 4.78 is 11.0. The van der Waals surface area contributed by atoms with Crippen LogP contribution in [0.4, 0.5) is 11.4 Å². The molecule has 0 aromatic heterocycles. The molecule has 0 spiro atoms. The second-order valence-electron chi connectivity index (χ2n) is 9.82. The first kappa shape index (κ1) is 27.1. The average molecular weight is 669 g/mol. The van der Waals surface area contributed by atoms with Crippen LogP contribution in [-0.4, -0.2) is 47.0 Å². The fourth-order valence-corrected chi connectivity index (χ4v) is 6.85. The monoisotopic (exact) mass is 666 g/mol. The Hall–Kier alpha value is -2.43. The smallest absolute Gasteiger partial charge is 0.316 e. The van der Waals surface area contributed by atoms with Gasteiger partial charge < -0.3 is 14.4 Å². The summed E-state index contributed by atoms with van der Waals surface area (Å²) in [6, 6.07) is 9.79. The zero-order chi connectivity index (χ0) is 27.3. The van der Waals surface area contributed by atoms with Gasteiger partial charge in [0, 0.05) is 27.6 Å². The van der Waals surface area contributed by atoms with Gasteiger partial charge in [-0.05, 0) is 61.7 Å². The Labute approximate surface area is 241 Å². The Balaban J connectivity index is 1.29. The highest BCUT2D eigenvalue weighted by Gasteiger charge is 2.52. The standard InChI is InChI=1S/C27H25Br2ClN2O6/c1-13-7-16(4-5-21(13)32-25(34)17-10-19(28)20(29)11-18(17)26(32)35)38-27(36)14-8-24(33)31(12-14)22-9-15(30)3-6-23(22)37-2/h3-7,9,14,17-20H,8,10-12H2,1-2H3/t14-,17-,18+,19+,20-/m1/s1. The van der Waals surface area contributed by atoms with E-state index in [9.17, 15) is 19.2 Å². The normalized spacial score (nSPS) is 27.1. The van der Waals surface area contributed by atoms with Gasteiger partial charge in [-0.25, -0.2) is 4.90 Å². The molecule has 8 nitrogen and oxygen atoms in total. The van der Waals surface area contributed by atoms with Crippen LogP contribution in [0, 0.1) is 24.7 Å². The molecule has 1 aliphatic carbocycles. The zero-order valence-corrected chi connectivity index (χ0v) is 24.6. The molecule has 3 aliphatic rings. The number of halogens is 3. The number of anilines is 2. The zero-order valence-electron chi connectivity index (χ0n) is 20.7. The van der Waals surface area contributed by atoms with E-state index in [2.05, 4.69) is 31.9 Å². The third-order valence-corrected chi connectivity index (χ3v) is 10.4. The lowest BCUT2D eigenvalue weighted by molar-refractivity contribution is -0.139. The number of hydrogen-bond acceptors (Lipinski definition) is 6. The van der Waals surface area contributed by atoms with Crippen molar-refractivity contribution in [3.8, 4) is 11.5 Å². The van der Waals surface area contributed by atoms with Crippen molar-refractivity contribution in [2.45, 2.75) is 35.8 Å². The van der Waals surface area contributed by atoms with Crippen molar-refractivity contribution in [2.24, 2.45) is 17.8 Å². The van der Waals surface area contributed by atoms with Gasteiger partial charge in [-0.3, -0.25) is 19.2 Å². The molecule has 5 rings (SSSR count). The topological polar surface area (TPSA) is 93.2 Å². The van der Waals surface area contributed by atoms with Crippen LogP contribution >= 0.6 is 43.5 Å². The number of benzene rings is 2. The summed E-state index contributed by atoms with van der Waals surface area (Å²) in [7, 11) is 1.50. The van der Waals surface area contributed by atoms with Gasteiger partial charge in [-0.15, -0.1) is 0 Å². The molecule has 3 amide bonds. The lowest BCUT2D eigenvalue weighted by Crippen LogP contribution is -2.34. The molecule has 3 fully saturated rings. The van der Waals surface area contributed by atoms with E-state index in [1.54, 1.807) is 43.3 Å². The molecule has 5 atom stereocenters. The van der Waals surface area contributed by atoms with Gasteiger partial charge in [0.25, 0.3) is 0 Å². The Morgan fingerprint density at radius 3 is 2.24 bits per heavy atom. The predicted octanol–water partition coefficient (Wildman–Crippen LogP) is 5.04. The number of rotatable bonds is 5. The van der Waals surface area contributed by atoms with E-state index in [-0.39, 0.29) is 57.9 Å². The molecule has 1 saturated carbocycles. The molecule has 200 valence electrons. The average Bonchev–Trinajstić information content (AvgIpc) is 3.37. The fourth-order valence-electron chi connectivity index (χ4n) is 5.45. The Kier molecular flexibility index (Phi) is 7.59. The van der Waals surface area contributed by atoms with Gasteiger partial charge >= 0.3 is 5.97 Å². The van der Waals surface area contributed by atoms with E-state index in [4.69, 9.17) is 21.1 Å². The van der Waals surface area contributed by atoms with Crippen LogP contribution in [-0.2, 0) is 19.2 Å². The van der Waals surface area contributed by atoms with E-state index < -0.39 is 11.9 Å². The van der Waals surface area contributed by atoms with Crippen LogP contribution in [0.1, 0.15) is 24.8 Å². The minimum atomic E-state index is -0.676. The first-order chi connectivity index (χ1) is 18.1. The van der Waals surface area contributed by atoms with Gasteiger partial charge in [-0.1, -0.05) is 43.5 Å². The molecule has 2 aromatic carbocycles. The molecule has 0 bridgehead atoms. The van der Waals surface area contributed by atoms with Crippen LogP contribution in [0.25, 0.3) is 0 Å². The van der Waals surface area contributed by atoms with E-state index in [0.29, 0.717) is 40.6 Å². The number of carbonyl (C=O) groups excluding carboxylic acids is 4. The lowest BCUT2D eigenvalue weighted by Gasteiger charge is -2.29. The summed E-state index contributed by atoms with van der Waals surface area (Å²) in [4.78, 5) is 55.0. The van der Waals surface area contributed by atoms with Crippen LogP contribution in [0.5, 0.6) is 11.5 Å². The molecular weight excluding hydrogens is 644 g/mol. The molecule has 11 heteroatoms. The summed E-state index contributed by atoms with van der Waals surface area (Å²) >= 11 is 13.3. The van der Waals surface area contributed by atoms with E-state index in [0.717, 1.165) is 0 Å². The number of carbonyl (C=O) groups is 4. The Morgan fingerprint density at radius 1 is 0.974 bits per heavy atom. The number of imide groups is 1. The molecular formula is C27H25Br2ClN2O6. The van der Waals surface area contributed by atoms with Crippen molar-refractivity contribution in [3.63, 3.8) is 0 Å². The minimum absolute atomic E-state index is 0.00570. The first-order valence-corrected chi connectivity index (χ1v) is 14.4. The highest BCUT2D eigenvalue weighted by Crippen LogP contribution is 2.45. The summed E-state index contributed by atoms with van der Waals surface area (Å²) in [6.07, 6.45) is 1.18. The summed E-state index contributed by atoms with van der Waals surface area (Å²) in [6.45, 7) is 1.90. The van der Waals surface area contributed by atoms with Crippen molar-refractivity contribution >= 4 is 78.5 Å². The van der Waals surface area contributed by atoms with Crippen molar-refractivity contribution in [1.82, 2.24) is 0 Å². The molecule has 2 aliphatic heterocycles. The summed E-state index contributed by atoms with van der Waals surface area (Å²) in [5.41, 5.74) is 1.62. The Bertz CT molecular complexity index is 1310. The third kappa shape index (κ3) is 4.86. The predicted molar refractivity (Wildman–Crippen MR) is 149 cm³/mol. The molecule has 2 heterocycles. The third-order valence-electron chi connectivity index (χ3n) is 7.43. The van der Waals surface area contributed by atoms with Crippen molar-refractivity contribution in [2.75, 3.05) is 23.5 Å². The molecule has 2 aromatic rings. The maximum atomic E-state index is 13.2. The SMILES string of the molecule is COc1ccc(Cl)cc1N1C[C@H](C(=O)Oc2ccc(N3C(=O)[C@H]4C[C@@H](Br)[C@@H](Br)C[C@H]4C3=O)c(C)c2)CC1=O. The van der Waals surface area contributed by atoms with Gasteiger partial charge in [0.15, 0.2) is 0 Å². The second-order valence-corrected chi connectivity index (χ2v) is 12.6. The quantitative estimate of drug-likeness (QED) is 0.192. The van der Waals surface area contributed by atoms with E-state index in [1.807, 2.05) is 0 Å². The van der Waals surface area contributed by atoms with Gasteiger partial charge in [-0.2, -0.15) is 0 Å². The van der Waals surface area contributed by atoms with Crippen molar-refractivity contribution in [1.29, 1.82) is 0 Å². The number of alkyl halides is 2. The second kappa shape index (κ2) is 10.6. The van der Waals surface area contributed by atoms with Crippen LogP contribution in [0.2, 0.25) is 5.02 Å². The number of fused-ring (bicyclic) bond motifs is 1. The molecule has 2 saturated heterocycles. The molecule has 0 unspecified atom stereocenters. The maximum absolute atomic E-state index is 13.2. The number of hydrogen-bond donors (Lipinski definition) is 0. The number of ether oxygens (including phenoxy) is 2.